The van der Waals surface area contributed by atoms with Gasteiger partial charge in [-0.3, -0.25) is 4.90 Å². The summed E-state index contributed by atoms with van der Waals surface area (Å²) >= 11 is 0. The number of rotatable bonds is 4. The van der Waals surface area contributed by atoms with Crippen molar-refractivity contribution in [2.75, 3.05) is 19.7 Å². The third kappa shape index (κ3) is 3.13. The quantitative estimate of drug-likeness (QED) is 0.552. The van der Waals surface area contributed by atoms with E-state index in [-0.39, 0.29) is 5.97 Å². The summed E-state index contributed by atoms with van der Waals surface area (Å²) in [6.45, 7) is 5.55. The molecule has 0 spiro atoms. The van der Waals surface area contributed by atoms with E-state index in [1.165, 1.54) is 6.08 Å². The minimum absolute atomic E-state index is 0.285. The van der Waals surface area contributed by atoms with E-state index in [2.05, 4.69) is 15.1 Å². The summed E-state index contributed by atoms with van der Waals surface area (Å²) in [4.78, 5) is 13.3. The third-order valence-corrected chi connectivity index (χ3v) is 2.62. The predicted molar refractivity (Wildman–Crippen MR) is 61.1 cm³/mol. The van der Waals surface area contributed by atoms with E-state index in [4.69, 9.17) is 4.74 Å². The van der Waals surface area contributed by atoms with Crippen molar-refractivity contribution in [3.63, 3.8) is 0 Å². The second-order valence-electron chi connectivity index (χ2n) is 3.83. The highest BCUT2D eigenvalue weighted by atomic mass is 16.5. The molecule has 6 heteroatoms. The van der Waals surface area contributed by atoms with E-state index >= 15 is 0 Å². The lowest BCUT2D eigenvalue weighted by atomic mass is 10.3. The summed E-state index contributed by atoms with van der Waals surface area (Å²) in [6.07, 6.45) is 5.05. The van der Waals surface area contributed by atoms with Gasteiger partial charge in [0.25, 0.3) is 0 Å². The van der Waals surface area contributed by atoms with Gasteiger partial charge in [-0.2, -0.15) is 0 Å². The topological polar surface area (TPSA) is 60.2 Å². The van der Waals surface area contributed by atoms with Crippen molar-refractivity contribution >= 4 is 5.97 Å². The summed E-state index contributed by atoms with van der Waals surface area (Å²) in [5.41, 5.74) is 0. The Bertz CT molecular complexity index is 413. The fourth-order valence-electron chi connectivity index (χ4n) is 1.76. The number of fused-ring (bicyclic) bond motifs is 1. The fraction of sp³-hybridized carbons (Fsp3) is 0.545. The van der Waals surface area contributed by atoms with Gasteiger partial charge in [0.15, 0.2) is 0 Å². The lowest BCUT2D eigenvalue weighted by molar-refractivity contribution is -0.137. The highest BCUT2D eigenvalue weighted by Gasteiger charge is 2.15. The van der Waals surface area contributed by atoms with Crippen LogP contribution in [0.1, 0.15) is 12.7 Å². The van der Waals surface area contributed by atoms with E-state index < -0.39 is 0 Å². The van der Waals surface area contributed by atoms with Gasteiger partial charge in [-0.1, -0.05) is 6.08 Å². The van der Waals surface area contributed by atoms with Crippen LogP contribution >= 0.6 is 0 Å². The van der Waals surface area contributed by atoms with Crippen LogP contribution in [0, 0.1) is 0 Å². The molecule has 0 saturated heterocycles. The van der Waals surface area contributed by atoms with Crippen LogP contribution in [0.3, 0.4) is 0 Å². The first-order valence-corrected chi connectivity index (χ1v) is 5.72. The average Bonchev–Trinajstić information content (AvgIpc) is 2.76. The molecule has 2 heterocycles. The Morgan fingerprint density at radius 2 is 2.47 bits per heavy atom. The molecular formula is C11H16N4O2. The van der Waals surface area contributed by atoms with Crippen molar-refractivity contribution in [2.24, 2.45) is 0 Å². The molecule has 0 unspecified atom stereocenters. The molecule has 6 nitrogen and oxygen atoms in total. The van der Waals surface area contributed by atoms with E-state index in [1.54, 1.807) is 13.3 Å². The van der Waals surface area contributed by atoms with Crippen molar-refractivity contribution in [2.45, 2.75) is 20.0 Å². The van der Waals surface area contributed by atoms with Gasteiger partial charge in [-0.15, -0.1) is 10.2 Å². The monoisotopic (exact) mass is 236 g/mol. The lowest BCUT2D eigenvalue weighted by Gasteiger charge is -2.25. The summed E-state index contributed by atoms with van der Waals surface area (Å²) in [5, 5.41) is 7.90. The third-order valence-electron chi connectivity index (χ3n) is 2.62. The molecule has 0 aromatic carbocycles. The molecule has 1 aromatic heterocycles. The van der Waals surface area contributed by atoms with Crippen LogP contribution in [-0.4, -0.2) is 45.3 Å². The maximum atomic E-state index is 11.1. The molecule has 0 saturated carbocycles. The number of aromatic nitrogens is 3. The molecule has 1 aromatic rings. The summed E-state index contributed by atoms with van der Waals surface area (Å²) in [7, 11) is 0. The fourth-order valence-corrected chi connectivity index (χ4v) is 1.76. The van der Waals surface area contributed by atoms with E-state index in [1.807, 2.05) is 10.6 Å². The van der Waals surface area contributed by atoms with Gasteiger partial charge in [0, 0.05) is 25.7 Å². The lowest BCUT2D eigenvalue weighted by Crippen LogP contribution is -2.33. The predicted octanol–water partition coefficient (Wildman–Crippen LogP) is 0.213. The molecule has 1 aliphatic heterocycles. The molecule has 1 aliphatic rings. The molecule has 0 atom stereocenters. The number of ether oxygens (including phenoxy) is 1. The number of nitrogens with zero attached hydrogens (tertiary/aromatic N) is 4. The normalized spacial score (nSPS) is 16.1. The number of esters is 1. The Morgan fingerprint density at radius 1 is 1.59 bits per heavy atom. The standard InChI is InChI=1S/C11H16N4O2/c1-2-17-11(16)4-3-5-14-6-7-15-9-12-13-10(15)8-14/h3-4,9H,2,5-8H2,1H3/b4-3+. The zero-order chi connectivity index (χ0) is 12.1. The summed E-state index contributed by atoms with van der Waals surface area (Å²) in [5.74, 6) is 0.688. The SMILES string of the molecule is CCOC(=O)/C=C/CN1CCn2cnnc2C1. The Kier molecular flexibility index (Phi) is 3.87. The zero-order valence-electron chi connectivity index (χ0n) is 9.87. The van der Waals surface area contributed by atoms with Gasteiger partial charge >= 0.3 is 5.97 Å². The smallest absolute Gasteiger partial charge is 0.330 e. The Morgan fingerprint density at radius 3 is 3.29 bits per heavy atom. The molecule has 0 radical (unpaired) electrons. The van der Waals surface area contributed by atoms with Crippen molar-refractivity contribution < 1.29 is 9.53 Å². The summed E-state index contributed by atoms with van der Waals surface area (Å²) in [6, 6.07) is 0. The van der Waals surface area contributed by atoms with Crippen molar-refractivity contribution in [3.8, 4) is 0 Å². The molecule has 0 N–H and O–H groups in total. The van der Waals surface area contributed by atoms with Gasteiger partial charge in [-0.25, -0.2) is 4.79 Å². The zero-order valence-corrected chi connectivity index (χ0v) is 9.87. The molecule has 92 valence electrons. The Labute approximate surface area is 99.9 Å². The minimum Gasteiger partial charge on any atom is -0.463 e. The largest absolute Gasteiger partial charge is 0.463 e. The van der Waals surface area contributed by atoms with Gasteiger partial charge < -0.3 is 9.30 Å². The number of carbonyl (C=O) groups is 1. The van der Waals surface area contributed by atoms with E-state index in [9.17, 15) is 4.79 Å². The van der Waals surface area contributed by atoms with Gasteiger partial charge in [0.2, 0.25) is 0 Å². The van der Waals surface area contributed by atoms with Crippen LogP contribution in [0.5, 0.6) is 0 Å². The highest BCUT2D eigenvalue weighted by molar-refractivity contribution is 5.81. The second-order valence-corrected chi connectivity index (χ2v) is 3.83. The van der Waals surface area contributed by atoms with Crippen molar-refractivity contribution in [3.05, 3.63) is 24.3 Å². The van der Waals surface area contributed by atoms with E-state index in [0.717, 1.165) is 32.0 Å². The molecule has 0 bridgehead atoms. The molecular weight excluding hydrogens is 220 g/mol. The van der Waals surface area contributed by atoms with Crippen LogP contribution in [0.4, 0.5) is 0 Å². The highest BCUT2D eigenvalue weighted by Crippen LogP contribution is 2.08. The first-order valence-electron chi connectivity index (χ1n) is 5.72. The number of hydrogen-bond donors (Lipinski definition) is 0. The number of hydrogen-bond acceptors (Lipinski definition) is 5. The molecule has 0 fully saturated rings. The van der Waals surface area contributed by atoms with Crippen LogP contribution < -0.4 is 0 Å². The Balaban J connectivity index is 1.80. The second kappa shape index (κ2) is 5.58. The maximum Gasteiger partial charge on any atom is 0.330 e. The number of carbonyl (C=O) groups excluding carboxylic acids is 1. The Hall–Kier alpha value is -1.69. The molecule has 17 heavy (non-hydrogen) atoms. The molecule has 0 amide bonds. The van der Waals surface area contributed by atoms with Crippen molar-refractivity contribution in [1.82, 2.24) is 19.7 Å². The average molecular weight is 236 g/mol. The molecule has 2 rings (SSSR count). The van der Waals surface area contributed by atoms with Gasteiger partial charge in [0.1, 0.15) is 12.2 Å². The van der Waals surface area contributed by atoms with Crippen LogP contribution in [0.2, 0.25) is 0 Å². The van der Waals surface area contributed by atoms with E-state index in [0.29, 0.717) is 6.61 Å². The van der Waals surface area contributed by atoms with Crippen LogP contribution in [0.15, 0.2) is 18.5 Å². The van der Waals surface area contributed by atoms with Gasteiger partial charge in [0.05, 0.1) is 13.2 Å². The van der Waals surface area contributed by atoms with Gasteiger partial charge in [-0.05, 0) is 6.92 Å². The van der Waals surface area contributed by atoms with Crippen LogP contribution in [0.25, 0.3) is 0 Å². The minimum atomic E-state index is -0.285. The van der Waals surface area contributed by atoms with Crippen molar-refractivity contribution in [1.29, 1.82) is 0 Å². The first-order chi connectivity index (χ1) is 8.29. The summed E-state index contributed by atoms with van der Waals surface area (Å²) < 4.78 is 6.85. The maximum absolute atomic E-state index is 11.1. The first kappa shape index (κ1) is 11.8. The van der Waals surface area contributed by atoms with Crippen LogP contribution in [-0.2, 0) is 22.6 Å². The molecule has 0 aliphatic carbocycles.